The lowest BCUT2D eigenvalue weighted by Gasteiger charge is -2.55. The molecule has 0 saturated heterocycles. The highest BCUT2D eigenvalue weighted by Crippen LogP contribution is 2.60. The fourth-order valence-corrected chi connectivity index (χ4v) is 5.40. The van der Waals surface area contributed by atoms with Crippen LogP contribution in [-0.2, 0) is 11.3 Å². The molecule has 0 amide bonds. The SMILES string of the molecule is CCn1cc(/C=C/C(=O)C23CC4CC(CC(C4)C2)C3)cn1. The lowest BCUT2D eigenvalue weighted by atomic mass is 9.48. The van der Waals surface area contributed by atoms with Gasteiger partial charge in [0.05, 0.1) is 6.20 Å². The fraction of sp³-hybridized carbons (Fsp3) is 0.667. The van der Waals surface area contributed by atoms with E-state index < -0.39 is 0 Å². The molecule has 4 bridgehead atoms. The van der Waals surface area contributed by atoms with E-state index in [4.69, 9.17) is 0 Å². The number of ketones is 1. The van der Waals surface area contributed by atoms with Gasteiger partial charge in [-0.3, -0.25) is 9.48 Å². The molecule has 3 heteroatoms. The minimum absolute atomic E-state index is 0.00794. The molecular weight excluding hydrogens is 260 g/mol. The molecule has 1 heterocycles. The first kappa shape index (κ1) is 13.3. The smallest absolute Gasteiger partial charge is 0.161 e. The number of carbonyl (C=O) groups is 1. The van der Waals surface area contributed by atoms with Gasteiger partial charge in [0.1, 0.15) is 0 Å². The number of carbonyl (C=O) groups excluding carboxylic acids is 1. The van der Waals surface area contributed by atoms with E-state index in [1.807, 2.05) is 29.2 Å². The summed E-state index contributed by atoms with van der Waals surface area (Å²) in [4.78, 5) is 12.8. The Hall–Kier alpha value is -1.38. The molecule has 0 radical (unpaired) electrons. The van der Waals surface area contributed by atoms with Crippen LogP contribution in [0.1, 0.15) is 51.0 Å². The molecular formula is C18H24N2O. The normalized spacial score (nSPS) is 37.5. The number of hydrogen-bond acceptors (Lipinski definition) is 2. The van der Waals surface area contributed by atoms with Crippen LogP contribution >= 0.6 is 0 Å². The lowest BCUT2D eigenvalue weighted by Crippen LogP contribution is -2.49. The van der Waals surface area contributed by atoms with E-state index in [-0.39, 0.29) is 5.41 Å². The molecule has 0 N–H and O–H groups in total. The Morgan fingerprint density at radius 1 is 1.29 bits per heavy atom. The Bertz CT molecular complexity index is 549. The third-order valence-electron chi connectivity index (χ3n) is 5.97. The summed E-state index contributed by atoms with van der Waals surface area (Å²) < 4.78 is 1.90. The average Bonchev–Trinajstić information content (AvgIpc) is 2.91. The van der Waals surface area contributed by atoms with Gasteiger partial charge in [0.2, 0.25) is 0 Å². The van der Waals surface area contributed by atoms with E-state index >= 15 is 0 Å². The van der Waals surface area contributed by atoms with Gasteiger partial charge < -0.3 is 0 Å². The predicted molar refractivity (Wildman–Crippen MR) is 82.5 cm³/mol. The van der Waals surface area contributed by atoms with Crippen molar-refractivity contribution in [2.75, 3.05) is 0 Å². The zero-order valence-electron chi connectivity index (χ0n) is 12.8. The van der Waals surface area contributed by atoms with Crippen LogP contribution in [0.4, 0.5) is 0 Å². The second-order valence-electron chi connectivity index (χ2n) is 7.52. The summed E-state index contributed by atoms with van der Waals surface area (Å²) in [5, 5.41) is 4.26. The van der Waals surface area contributed by atoms with Crippen molar-refractivity contribution in [2.24, 2.45) is 23.2 Å². The van der Waals surface area contributed by atoms with E-state index in [1.54, 1.807) is 0 Å². The quantitative estimate of drug-likeness (QED) is 0.790. The summed E-state index contributed by atoms with van der Waals surface area (Å²) in [7, 11) is 0. The Kier molecular flexibility index (Phi) is 3.05. The van der Waals surface area contributed by atoms with Gasteiger partial charge in [-0.25, -0.2) is 0 Å². The Labute approximate surface area is 126 Å². The first-order valence-corrected chi connectivity index (χ1v) is 8.42. The van der Waals surface area contributed by atoms with Crippen LogP contribution in [-0.4, -0.2) is 15.6 Å². The minimum Gasteiger partial charge on any atom is -0.294 e. The van der Waals surface area contributed by atoms with Gasteiger partial charge in [0, 0.05) is 23.7 Å². The van der Waals surface area contributed by atoms with Gasteiger partial charge in [-0.1, -0.05) is 0 Å². The molecule has 0 aromatic carbocycles. The van der Waals surface area contributed by atoms with Gasteiger partial charge in [-0.15, -0.1) is 0 Å². The zero-order valence-corrected chi connectivity index (χ0v) is 12.8. The van der Waals surface area contributed by atoms with E-state index in [0.29, 0.717) is 5.78 Å². The van der Waals surface area contributed by atoms with Crippen LogP contribution in [0.15, 0.2) is 18.5 Å². The van der Waals surface area contributed by atoms with Crippen molar-refractivity contribution < 1.29 is 4.79 Å². The largest absolute Gasteiger partial charge is 0.294 e. The van der Waals surface area contributed by atoms with Gasteiger partial charge >= 0.3 is 0 Å². The number of aromatic nitrogens is 2. The average molecular weight is 284 g/mol. The summed E-state index contributed by atoms with van der Waals surface area (Å²) in [5.41, 5.74) is 1.03. The molecule has 5 rings (SSSR count). The van der Waals surface area contributed by atoms with Crippen molar-refractivity contribution in [3.05, 3.63) is 24.0 Å². The zero-order chi connectivity index (χ0) is 14.4. The van der Waals surface area contributed by atoms with Crippen molar-refractivity contribution >= 4 is 11.9 Å². The highest BCUT2D eigenvalue weighted by Gasteiger charge is 2.53. The molecule has 4 saturated carbocycles. The second kappa shape index (κ2) is 4.82. The molecule has 4 fully saturated rings. The van der Waals surface area contributed by atoms with Crippen molar-refractivity contribution in [1.29, 1.82) is 0 Å². The summed E-state index contributed by atoms with van der Waals surface area (Å²) in [6.45, 7) is 2.94. The standard InChI is InChI=1S/C18H24N2O/c1-2-20-12-13(11-19-20)3-4-17(21)18-8-14-5-15(9-18)7-16(6-14)10-18/h3-4,11-12,14-16H,2,5-10H2,1H3/b4-3+. The molecule has 0 aliphatic heterocycles. The monoisotopic (exact) mass is 284 g/mol. The fourth-order valence-electron chi connectivity index (χ4n) is 5.40. The van der Waals surface area contributed by atoms with Crippen LogP contribution in [0.5, 0.6) is 0 Å². The second-order valence-corrected chi connectivity index (χ2v) is 7.52. The molecule has 4 aliphatic rings. The Morgan fingerprint density at radius 3 is 2.43 bits per heavy atom. The third kappa shape index (κ3) is 2.27. The van der Waals surface area contributed by atoms with Crippen LogP contribution in [0.3, 0.4) is 0 Å². The number of aryl methyl sites for hydroxylation is 1. The van der Waals surface area contributed by atoms with Crippen LogP contribution in [0, 0.1) is 23.2 Å². The van der Waals surface area contributed by atoms with E-state index in [1.165, 1.54) is 19.3 Å². The predicted octanol–water partition coefficient (Wildman–Crippen LogP) is 3.70. The van der Waals surface area contributed by atoms with Gasteiger partial charge in [0.15, 0.2) is 5.78 Å². The van der Waals surface area contributed by atoms with Crippen LogP contribution in [0.2, 0.25) is 0 Å². The van der Waals surface area contributed by atoms with Crippen molar-refractivity contribution in [1.82, 2.24) is 9.78 Å². The number of nitrogens with zero attached hydrogens (tertiary/aromatic N) is 2. The maximum absolute atomic E-state index is 12.8. The van der Waals surface area contributed by atoms with Crippen molar-refractivity contribution in [2.45, 2.75) is 52.0 Å². The molecule has 4 aliphatic carbocycles. The van der Waals surface area contributed by atoms with E-state index in [0.717, 1.165) is 49.1 Å². The highest BCUT2D eigenvalue weighted by atomic mass is 16.1. The molecule has 0 atom stereocenters. The summed E-state index contributed by atoms with van der Waals surface area (Å²) in [6, 6.07) is 0. The number of rotatable bonds is 4. The minimum atomic E-state index is -0.00794. The molecule has 0 spiro atoms. The molecule has 21 heavy (non-hydrogen) atoms. The van der Waals surface area contributed by atoms with E-state index in [9.17, 15) is 4.79 Å². The third-order valence-corrected chi connectivity index (χ3v) is 5.97. The summed E-state index contributed by atoms with van der Waals surface area (Å²) in [5.74, 6) is 2.87. The van der Waals surface area contributed by atoms with Gasteiger partial charge in [-0.05, 0) is 75.4 Å². The van der Waals surface area contributed by atoms with Gasteiger partial charge in [-0.2, -0.15) is 5.10 Å². The Morgan fingerprint density at radius 2 is 1.90 bits per heavy atom. The molecule has 3 nitrogen and oxygen atoms in total. The molecule has 1 aromatic heterocycles. The van der Waals surface area contributed by atoms with Crippen LogP contribution in [0.25, 0.3) is 6.08 Å². The maximum atomic E-state index is 12.8. The highest BCUT2D eigenvalue weighted by molar-refractivity contribution is 5.98. The van der Waals surface area contributed by atoms with E-state index in [2.05, 4.69) is 12.0 Å². The molecule has 0 unspecified atom stereocenters. The Balaban J connectivity index is 1.52. The van der Waals surface area contributed by atoms with Crippen molar-refractivity contribution in [3.8, 4) is 0 Å². The van der Waals surface area contributed by atoms with Gasteiger partial charge in [0.25, 0.3) is 0 Å². The first-order valence-electron chi connectivity index (χ1n) is 8.42. The molecule has 112 valence electrons. The lowest BCUT2D eigenvalue weighted by molar-refractivity contribution is -0.138. The van der Waals surface area contributed by atoms with Crippen LogP contribution < -0.4 is 0 Å². The summed E-state index contributed by atoms with van der Waals surface area (Å²) >= 11 is 0. The number of allylic oxidation sites excluding steroid dienone is 1. The number of hydrogen-bond donors (Lipinski definition) is 0. The van der Waals surface area contributed by atoms with Crippen molar-refractivity contribution in [3.63, 3.8) is 0 Å². The first-order chi connectivity index (χ1) is 10.2. The topological polar surface area (TPSA) is 34.9 Å². The summed E-state index contributed by atoms with van der Waals surface area (Å²) in [6.07, 6.45) is 15.3. The molecule has 1 aromatic rings. The maximum Gasteiger partial charge on any atom is 0.161 e.